The minimum atomic E-state index is -0.627. The summed E-state index contributed by atoms with van der Waals surface area (Å²) in [6.07, 6.45) is 3.37. The SMILES string of the molecule is CC(=O)OC[C@@H]1CCn2c(c(C3=C(c4cn(C)c5ccccc45)C(=O)OC3=O)c3ccccc32)C1. The highest BCUT2D eigenvalue weighted by atomic mass is 16.6. The highest BCUT2D eigenvalue weighted by Gasteiger charge is 2.40. The van der Waals surface area contributed by atoms with Crippen molar-refractivity contribution in [1.29, 1.82) is 0 Å². The van der Waals surface area contributed by atoms with Crippen molar-refractivity contribution in [3.63, 3.8) is 0 Å². The van der Waals surface area contributed by atoms with Gasteiger partial charge in [0.05, 0.1) is 17.8 Å². The van der Waals surface area contributed by atoms with Crippen molar-refractivity contribution in [1.82, 2.24) is 9.13 Å². The lowest BCUT2D eigenvalue weighted by Gasteiger charge is -2.25. The number of aromatic nitrogens is 2. The Bertz CT molecular complexity index is 1590. The van der Waals surface area contributed by atoms with Gasteiger partial charge in [-0.25, -0.2) is 9.59 Å². The van der Waals surface area contributed by atoms with E-state index in [0.717, 1.165) is 46.0 Å². The third-order valence-corrected chi connectivity index (χ3v) is 7.10. The van der Waals surface area contributed by atoms with E-state index in [1.807, 2.05) is 66.3 Å². The number of hydrogen-bond acceptors (Lipinski definition) is 5. The lowest BCUT2D eigenvalue weighted by atomic mass is 9.89. The van der Waals surface area contributed by atoms with Gasteiger partial charge in [0, 0.05) is 71.3 Å². The summed E-state index contributed by atoms with van der Waals surface area (Å²) in [4.78, 5) is 37.8. The third-order valence-electron chi connectivity index (χ3n) is 7.10. The van der Waals surface area contributed by atoms with Gasteiger partial charge in [0.15, 0.2) is 0 Å². The normalized spacial score (nSPS) is 17.8. The maximum Gasteiger partial charge on any atom is 0.347 e. The molecule has 0 aliphatic carbocycles. The van der Waals surface area contributed by atoms with E-state index in [2.05, 4.69) is 4.57 Å². The van der Waals surface area contributed by atoms with Crippen LogP contribution in [0.2, 0.25) is 0 Å². The molecule has 2 aliphatic rings. The monoisotopic (exact) mass is 468 g/mol. The Labute approximate surface area is 201 Å². The zero-order chi connectivity index (χ0) is 24.3. The number of rotatable bonds is 4. The quantitative estimate of drug-likeness (QED) is 0.330. The van der Waals surface area contributed by atoms with Gasteiger partial charge in [-0.2, -0.15) is 0 Å². The molecule has 4 aromatic rings. The number of aryl methyl sites for hydroxylation is 2. The molecular weight excluding hydrogens is 444 g/mol. The summed E-state index contributed by atoms with van der Waals surface area (Å²) in [6.45, 7) is 2.48. The fourth-order valence-electron chi connectivity index (χ4n) is 5.57. The Morgan fingerprint density at radius 1 is 1.00 bits per heavy atom. The molecule has 0 N–H and O–H groups in total. The third kappa shape index (κ3) is 3.30. The topological polar surface area (TPSA) is 79.5 Å². The van der Waals surface area contributed by atoms with E-state index in [1.165, 1.54) is 6.92 Å². The molecule has 0 saturated carbocycles. The van der Waals surface area contributed by atoms with Crippen molar-refractivity contribution in [3.8, 4) is 0 Å². The summed E-state index contributed by atoms with van der Waals surface area (Å²) < 4.78 is 14.7. The highest BCUT2D eigenvalue weighted by molar-refractivity contribution is 6.47. The second-order valence-corrected chi connectivity index (χ2v) is 9.25. The molecule has 4 heterocycles. The summed E-state index contributed by atoms with van der Waals surface area (Å²) in [6, 6.07) is 15.7. The van der Waals surface area contributed by atoms with Crippen LogP contribution < -0.4 is 0 Å². The molecule has 0 unspecified atom stereocenters. The van der Waals surface area contributed by atoms with Gasteiger partial charge in [-0.3, -0.25) is 4.79 Å². The first-order chi connectivity index (χ1) is 16.9. The van der Waals surface area contributed by atoms with Gasteiger partial charge in [-0.1, -0.05) is 36.4 Å². The maximum absolute atomic E-state index is 13.2. The van der Waals surface area contributed by atoms with Crippen molar-refractivity contribution in [2.24, 2.45) is 13.0 Å². The van der Waals surface area contributed by atoms with Crippen molar-refractivity contribution >= 4 is 50.9 Å². The van der Waals surface area contributed by atoms with Gasteiger partial charge >= 0.3 is 17.9 Å². The molecule has 0 fully saturated rings. The van der Waals surface area contributed by atoms with E-state index >= 15 is 0 Å². The van der Waals surface area contributed by atoms with E-state index in [-0.39, 0.29) is 11.9 Å². The maximum atomic E-state index is 13.2. The average Bonchev–Trinajstić information content (AvgIpc) is 3.45. The zero-order valence-electron chi connectivity index (χ0n) is 19.5. The van der Waals surface area contributed by atoms with E-state index in [0.29, 0.717) is 29.7 Å². The van der Waals surface area contributed by atoms with Gasteiger partial charge in [-0.05, 0) is 25.0 Å². The minimum absolute atomic E-state index is 0.129. The van der Waals surface area contributed by atoms with Crippen LogP contribution in [-0.2, 0) is 43.9 Å². The van der Waals surface area contributed by atoms with Gasteiger partial charge < -0.3 is 18.6 Å². The Morgan fingerprint density at radius 3 is 2.46 bits per heavy atom. The van der Waals surface area contributed by atoms with Crippen LogP contribution in [0.1, 0.15) is 30.2 Å². The van der Waals surface area contributed by atoms with Crippen LogP contribution in [0.25, 0.3) is 33.0 Å². The molecule has 2 aromatic carbocycles. The van der Waals surface area contributed by atoms with E-state index in [9.17, 15) is 14.4 Å². The largest absolute Gasteiger partial charge is 0.466 e. The minimum Gasteiger partial charge on any atom is -0.466 e. The highest BCUT2D eigenvalue weighted by Crippen LogP contribution is 2.44. The molecule has 0 amide bonds. The molecule has 176 valence electrons. The number of cyclic esters (lactones) is 2. The Balaban J connectivity index is 1.61. The van der Waals surface area contributed by atoms with E-state index < -0.39 is 11.9 Å². The predicted molar refractivity (Wildman–Crippen MR) is 131 cm³/mol. The van der Waals surface area contributed by atoms with Gasteiger partial charge in [0.25, 0.3) is 0 Å². The van der Waals surface area contributed by atoms with Crippen LogP contribution in [0.4, 0.5) is 0 Å². The fraction of sp³-hybridized carbons (Fsp3) is 0.250. The lowest BCUT2D eigenvalue weighted by Crippen LogP contribution is -2.24. The van der Waals surface area contributed by atoms with Crippen molar-refractivity contribution in [3.05, 3.63) is 71.5 Å². The summed E-state index contributed by atoms with van der Waals surface area (Å²) >= 11 is 0. The van der Waals surface area contributed by atoms with Crippen molar-refractivity contribution < 1.29 is 23.9 Å². The number of carbonyl (C=O) groups is 3. The van der Waals surface area contributed by atoms with Crippen LogP contribution >= 0.6 is 0 Å². The van der Waals surface area contributed by atoms with Crippen LogP contribution in [0, 0.1) is 5.92 Å². The van der Waals surface area contributed by atoms with Gasteiger partial charge in [0.1, 0.15) is 0 Å². The first-order valence-electron chi connectivity index (χ1n) is 11.7. The van der Waals surface area contributed by atoms with Crippen molar-refractivity contribution in [2.75, 3.05) is 6.61 Å². The standard InChI is InChI=1S/C28H24N2O5/c1-16(31)34-15-17-11-12-30-22-10-6-4-8-19(22)24(23(30)13-17)26-25(27(32)35-28(26)33)20-14-29(2)21-9-5-3-7-18(20)21/h3-10,14,17H,11-13,15H2,1-2H3/t17-/m1/s1. The molecule has 35 heavy (non-hydrogen) atoms. The summed E-state index contributed by atoms with van der Waals surface area (Å²) in [5.41, 5.74) is 4.98. The number of nitrogens with zero attached hydrogens (tertiary/aromatic N) is 2. The van der Waals surface area contributed by atoms with Crippen LogP contribution in [0.15, 0.2) is 54.7 Å². The molecule has 2 aromatic heterocycles. The summed E-state index contributed by atoms with van der Waals surface area (Å²) in [5, 5.41) is 1.80. The van der Waals surface area contributed by atoms with Crippen LogP contribution in [0.3, 0.4) is 0 Å². The average molecular weight is 469 g/mol. The number of hydrogen-bond donors (Lipinski definition) is 0. The number of fused-ring (bicyclic) bond motifs is 4. The number of esters is 3. The molecule has 7 heteroatoms. The molecule has 0 saturated heterocycles. The lowest BCUT2D eigenvalue weighted by molar-refractivity contribution is -0.149. The van der Waals surface area contributed by atoms with E-state index in [4.69, 9.17) is 9.47 Å². The van der Waals surface area contributed by atoms with Crippen molar-refractivity contribution in [2.45, 2.75) is 26.3 Å². The van der Waals surface area contributed by atoms with E-state index in [1.54, 1.807) is 0 Å². The molecule has 0 radical (unpaired) electrons. The fourth-order valence-corrected chi connectivity index (χ4v) is 5.57. The molecule has 2 aliphatic heterocycles. The Morgan fingerprint density at radius 2 is 1.69 bits per heavy atom. The van der Waals surface area contributed by atoms with Crippen LogP contribution in [-0.4, -0.2) is 33.6 Å². The second kappa shape index (κ2) is 7.98. The number of ether oxygens (including phenoxy) is 2. The number of carbonyl (C=O) groups excluding carboxylic acids is 3. The number of para-hydroxylation sites is 2. The molecule has 6 rings (SSSR count). The molecule has 0 bridgehead atoms. The Hall–Kier alpha value is -4.13. The van der Waals surface area contributed by atoms with Gasteiger partial charge in [-0.15, -0.1) is 0 Å². The molecule has 1 atom stereocenters. The first kappa shape index (κ1) is 21.4. The summed E-state index contributed by atoms with van der Waals surface area (Å²) in [7, 11) is 1.92. The second-order valence-electron chi connectivity index (χ2n) is 9.25. The Kier molecular flexibility index (Phi) is 4.88. The first-order valence-corrected chi connectivity index (χ1v) is 11.7. The smallest absolute Gasteiger partial charge is 0.347 e. The number of benzene rings is 2. The van der Waals surface area contributed by atoms with Gasteiger partial charge in [0.2, 0.25) is 0 Å². The molecular formula is C28H24N2O5. The predicted octanol–water partition coefficient (Wildman–Crippen LogP) is 4.25. The molecule has 7 nitrogen and oxygen atoms in total. The zero-order valence-corrected chi connectivity index (χ0v) is 19.5. The van der Waals surface area contributed by atoms with Crippen LogP contribution in [0.5, 0.6) is 0 Å². The molecule has 0 spiro atoms. The summed E-state index contributed by atoms with van der Waals surface area (Å²) in [5.74, 6) is -1.43.